The van der Waals surface area contributed by atoms with E-state index in [-0.39, 0.29) is 12.4 Å². The number of pyridine rings is 1. The lowest BCUT2D eigenvalue weighted by molar-refractivity contribution is 0.285. The van der Waals surface area contributed by atoms with E-state index in [0.717, 1.165) is 5.56 Å². The first-order valence-electron chi connectivity index (χ1n) is 5.55. The van der Waals surface area contributed by atoms with Gasteiger partial charge in [0.15, 0.2) is 5.75 Å². The molecule has 0 aliphatic carbocycles. The zero-order valence-corrected chi connectivity index (χ0v) is 10.3. The maximum Gasteiger partial charge on any atom is 0.255 e. The summed E-state index contributed by atoms with van der Waals surface area (Å²) in [5, 5.41) is 8.87. The van der Waals surface area contributed by atoms with E-state index in [2.05, 4.69) is 4.98 Å². The number of nitrogens with zero attached hydrogens (tertiary/aromatic N) is 2. The van der Waals surface area contributed by atoms with E-state index in [1.54, 1.807) is 24.3 Å². The predicted molar refractivity (Wildman–Crippen MR) is 66.2 cm³/mol. The highest BCUT2D eigenvalue weighted by atomic mass is 19.1. The van der Waals surface area contributed by atoms with Crippen LogP contribution < -0.4 is 9.47 Å². The Morgan fingerprint density at radius 1 is 1.32 bits per heavy atom. The van der Waals surface area contributed by atoms with Gasteiger partial charge in [0, 0.05) is 6.20 Å². The first-order chi connectivity index (χ1) is 9.24. The molecule has 1 aromatic carbocycles. The van der Waals surface area contributed by atoms with Crippen LogP contribution in [0.15, 0.2) is 36.5 Å². The third kappa shape index (κ3) is 2.99. The van der Waals surface area contributed by atoms with Crippen molar-refractivity contribution in [1.82, 2.24) is 4.98 Å². The van der Waals surface area contributed by atoms with Crippen LogP contribution in [0.25, 0.3) is 0 Å². The molecule has 0 aliphatic heterocycles. The number of halogens is 1. The molecule has 0 saturated heterocycles. The zero-order chi connectivity index (χ0) is 13.7. The van der Waals surface area contributed by atoms with Crippen molar-refractivity contribution in [2.24, 2.45) is 0 Å². The van der Waals surface area contributed by atoms with Gasteiger partial charge in [0.1, 0.15) is 18.4 Å². The second-order valence-corrected chi connectivity index (χ2v) is 3.73. The summed E-state index contributed by atoms with van der Waals surface area (Å²) >= 11 is 0. The number of nitriles is 1. The Kier molecular flexibility index (Phi) is 3.94. The molecule has 1 aromatic heterocycles. The number of ether oxygens (including phenoxy) is 2. The normalized spacial score (nSPS) is 9.74. The van der Waals surface area contributed by atoms with Gasteiger partial charge in [0.05, 0.1) is 12.7 Å². The molecule has 2 aromatic rings. The molecular weight excluding hydrogens is 247 g/mol. The first-order valence-corrected chi connectivity index (χ1v) is 5.55. The van der Waals surface area contributed by atoms with Gasteiger partial charge in [-0.1, -0.05) is 6.07 Å². The number of benzene rings is 1. The molecule has 5 heteroatoms. The van der Waals surface area contributed by atoms with E-state index in [1.165, 1.54) is 19.4 Å². The molecule has 0 spiro atoms. The fourth-order valence-electron chi connectivity index (χ4n) is 1.56. The van der Waals surface area contributed by atoms with E-state index >= 15 is 0 Å². The van der Waals surface area contributed by atoms with Gasteiger partial charge in [0.2, 0.25) is 0 Å². The lowest BCUT2D eigenvalue weighted by atomic mass is 10.1. The van der Waals surface area contributed by atoms with Crippen LogP contribution in [0.3, 0.4) is 0 Å². The average Bonchev–Trinajstić information content (AvgIpc) is 2.46. The SMILES string of the molecule is COc1cc(COc2cccnc2F)ccc1C#N. The minimum absolute atomic E-state index is 0.0887. The number of hydrogen-bond acceptors (Lipinski definition) is 4. The number of rotatable bonds is 4. The Morgan fingerprint density at radius 3 is 2.84 bits per heavy atom. The zero-order valence-electron chi connectivity index (χ0n) is 10.3. The average molecular weight is 258 g/mol. The highest BCUT2D eigenvalue weighted by Gasteiger charge is 2.06. The Balaban J connectivity index is 2.13. The highest BCUT2D eigenvalue weighted by Crippen LogP contribution is 2.21. The van der Waals surface area contributed by atoms with Crippen molar-refractivity contribution in [2.75, 3.05) is 7.11 Å². The third-order valence-corrected chi connectivity index (χ3v) is 2.51. The van der Waals surface area contributed by atoms with E-state index < -0.39 is 5.95 Å². The van der Waals surface area contributed by atoms with Crippen molar-refractivity contribution < 1.29 is 13.9 Å². The van der Waals surface area contributed by atoms with E-state index in [1.807, 2.05) is 6.07 Å². The molecule has 0 radical (unpaired) electrons. The Hall–Kier alpha value is -2.61. The standard InChI is InChI=1S/C14H11FN2O2/c1-18-13-7-10(4-5-11(13)8-16)9-19-12-3-2-6-17-14(12)15/h2-7H,9H2,1H3. The van der Waals surface area contributed by atoms with Gasteiger partial charge >= 0.3 is 0 Å². The molecule has 0 bridgehead atoms. The summed E-state index contributed by atoms with van der Waals surface area (Å²) in [6.45, 7) is 0.171. The Labute approximate surface area is 110 Å². The summed E-state index contributed by atoms with van der Waals surface area (Å²) < 4.78 is 23.7. The van der Waals surface area contributed by atoms with Crippen molar-refractivity contribution in [3.05, 3.63) is 53.6 Å². The molecule has 96 valence electrons. The van der Waals surface area contributed by atoms with Crippen LogP contribution in [0.2, 0.25) is 0 Å². The van der Waals surface area contributed by atoms with E-state index in [0.29, 0.717) is 11.3 Å². The molecule has 1 heterocycles. The van der Waals surface area contributed by atoms with E-state index in [9.17, 15) is 4.39 Å². The summed E-state index contributed by atoms with van der Waals surface area (Å²) in [5.74, 6) is -0.0933. The maximum absolute atomic E-state index is 13.3. The topological polar surface area (TPSA) is 55.1 Å². The minimum Gasteiger partial charge on any atom is -0.495 e. The molecule has 0 fully saturated rings. The molecule has 0 unspecified atom stereocenters. The molecule has 0 N–H and O–H groups in total. The molecule has 0 amide bonds. The van der Waals surface area contributed by atoms with Gasteiger partial charge in [-0.2, -0.15) is 9.65 Å². The van der Waals surface area contributed by atoms with Gasteiger partial charge in [-0.05, 0) is 29.8 Å². The fourth-order valence-corrected chi connectivity index (χ4v) is 1.56. The van der Waals surface area contributed by atoms with Crippen molar-refractivity contribution in [2.45, 2.75) is 6.61 Å². The second-order valence-electron chi connectivity index (χ2n) is 3.73. The van der Waals surface area contributed by atoms with E-state index in [4.69, 9.17) is 14.7 Å². The van der Waals surface area contributed by atoms with Gasteiger partial charge in [0.25, 0.3) is 5.95 Å². The minimum atomic E-state index is -0.650. The Bertz CT molecular complexity index is 623. The molecule has 0 saturated carbocycles. The smallest absolute Gasteiger partial charge is 0.255 e. The number of methoxy groups -OCH3 is 1. The van der Waals surface area contributed by atoms with Crippen molar-refractivity contribution in [3.63, 3.8) is 0 Å². The summed E-state index contributed by atoms with van der Waals surface area (Å²) in [4.78, 5) is 3.49. The second kappa shape index (κ2) is 5.83. The number of aromatic nitrogens is 1. The quantitative estimate of drug-likeness (QED) is 0.791. The summed E-state index contributed by atoms with van der Waals surface area (Å²) in [5.41, 5.74) is 1.22. The molecular formula is C14H11FN2O2. The summed E-state index contributed by atoms with van der Waals surface area (Å²) in [6.07, 6.45) is 1.35. The third-order valence-electron chi connectivity index (χ3n) is 2.51. The van der Waals surface area contributed by atoms with Crippen molar-refractivity contribution in [1.29, 1.82) is 5.26 Å². The summed E-state index contributed by atoms with van der Waals surface area (Å²) in [6, 6.07) is 10.2. The van der Waals surface area contributed by atoms with Crippen LogP contribution in [0, 0.1) is 17.3 Å². The van der Waals surface area contributed by atoms with Crippen molar-refractivity contribution >= 4 is 0 Å². The largest absolute Gasteiger partial charge is 0.495 e. The lowest BCUT2D eigenvalue weighted by Crippen LogP contribution is -1.99. The Morgan fingerprint density at radius 2 is 2.16 bits per heavy atom. The van der Waals surface area contributed by atoms with Crippen LogP contribution in [0.4, 0.5) is 4.39 Å². The van der Waals surface area contributed by atoms with Crippen LogP contribution in [-0.2, 0) is 6.61 Å². The first kappa shape index (κ1) is 12.8. The molecule has 2 rings (SSSR count). The van der Waals surface area contributed by atoms with Crippen LogP contribution in [-0.4, -0.2) is 12.1 Å². The van der Waals surface area contributed by atoms with Crippen LogP contribution >= 0.6 is 0 Å². The van der Waals surface area contributed by atoms with Crippen molar-refractivity contribution in [3.8, 4) is 17.6 Å². The number of hydrogen-bond donors (Lipinski definition) is 0. The molecule has 19 heavy (non-hydrogen) atoms. The monoisotopic (exact) mass is 258 g/mol. The van der Waals surface area contributed by atoms with Crippen LogP contribution in [0.1, 0.15) is 11.1 Å². The van der Waals surface area contributed by atoms with Gasteiger partial charge < -0.3 is 9.47 Å². The summed E-state index contributed by atoms with van der Waals surface area (Å²) in [7, 11) is 1.49. The van der Waals surface area contributed by atoms with Gasteiger partial charge in [-0.15, -0.1) is 0 Å². The maximum atomic E-state index is 13.3. The molecule has 0 aliphatic rings. The van der Waals surface area contributed by atoms with Crippen LogP contribution in [0.5, 0.6) is 11.5 Å². The fraction of sp³-hybridized carbons (Fsp3) is 0.143. The molecule has 4 nitrogen and oxygen atoms in total. The van der Waals surface area contributed by atoms with Gasteiger partial charge in [-0.3, -0.25) is 0 Å². The highest BCUT2D eigenvalue weighted by molar-refractivity contribution is 5.45. The molecule has 0 atom stereocenters. The van der Waals surface area contributed by atoms with Gasteiger partial charge in [-0.25, -0.2) is 4.98 Å². The predicted octanol–water partition coefficient (Wildman–Crippen LogP) is 2.68. The lowest BCUT2D eigenvalue weighted by Gasteiger charge is -2.08.